The van der Waals surface area contributed by atoms with Crippen molar-refractivity contribution in [2.75, 3.05) is 32.8 Å². The Hall–Kier alpha value is -2.40. The van der Waals surface area contributed by atoms with Crippen molar-refractivity contribution in [3.63, 3.8) is 0 Å². The van der Waals surface area contributed by atoms with Crippen LogP contribution in [-0.4, -0.2) is 48.5 Å². The molecule has 3 rings (SSSR count). The van der Waals surface area contributed by atoms with Crippen molar-refractivity contribution in [1.29, 1.82) is 0 Å². The lowest BCUT2D eigenvalue weighted by atomic mass is 10.2. The van der Waals surface area contributed by atoms with Gasteiger partial charge in [-0.05, 0) is 36.2 Å². The number of ether oxygens (including phenoxy) is 1. The number of amides is 1. The third-order valence-corrected chi connectivity index (χ3v) is 4.59. The van der Waals surface area contributed by atoms with E-state index in [0.29, 0.717) is 18.8 Å². The Morgan fingerprint density at radius 2 is 1.73 bits per heavy atom. The minimum absolute atomic E-state index is 0.119. The molecule has 1 fully saturated rings. The standard InChI is InChI=1S/C21H25FN2O2/c22-19-7-9-20(10-8-19)26-16-11-21(25)24-13-4-12-23(14-15-24)17-18-5-2-1-3-6-18/h1-3,5-10H,4,11-17H2. The Morgan fingerprint density at radius 3 is 2.50 bits per heavy atom. The minimum Gasteiger partial charge on any atom is -0.493 e. The van der Waals surface area contributed by atoms with Crippen LogP contribution in [0.5, 0.6) is 5.75 Å². The van der Waals surface area contributed by atoms with Crippen molar-refractivity contribution in [3.05, 3.63) is 66.0 Å². The molecule has 1 amide bonds. The fourth-order valence-electron chi connectivity index (χ4n) is 3.17. The first kappa shape index (κ1) is 18.4. The first-order chi connectivity index (χ1) is 12.7. The van der Waals surface area contributed by atoms with E-state index in [2.05, 4.69) is 29.2 Å². The van der Waals surface area contributed by atoms with Crippen LogP contribution < -0.4 is 4.74 Å². The predicted octanol–water partition coefficient (Wildman–Crippen LogP) is 3.33. The summed E-state index contributed by atoms with van der Waals surface area (Å²) in [5, 5.41) is 0. The molecule has 1 saturated heterocycles. The second-order valence-electron chi connectivity index (χ2n) is 6.55. The molecule has 138 valence electrons. The molecule has 26 heavy (non-hydrogen) atoms. The van der Waals surface area contributed by atoms with E-state index < -0.39 is 0 Å². The summed E-state index contributed by atoms with van der Waals surface area (Å²) in [5.74, 6) is 0.413. The van der Waals surface area contributed by atoms with Crippen molar-refractivity contribution >= 4 is 5.91 Å². The summed E-state index contributed by atoms with van der Waals surface area (Å²) >= 11 is 0. The van der Waals surface area contributed by atoms with Gasteiger partial charge in [0.2, 0.25) is 5.91 Å². The molecule has 2 aromatic carbocycles. The summed E-state index contributed by atoms with van der Waals surface area (Å²) in [4.78, 5) is 16.8. The van der Waals surface area contributed by atoms with Crippen molar-refractivity contribution in [1.82, 2.24) is 9.80 Å². The molecule has 0 radical (unpaired) electrons. The first-order valence-electron chi connectivity index (χ1n) is 9.13. The van der Waals surface area contributed by atoms with Gasteiger partial charge in [0.25, 0.3) is 0 Å². The number of nitrogens with zero attached hydrogens (tertiary/aromatic N) is 2. The van der Waals surface area contributed by atoms with Crippen LogP contribution in [0.25, 0.3) is 0 Å². The fourth-order valence-corrected chi connectivity index (χ4v) is 3.17. The van der Waals surface area contributed by atoms with E-state index in [0.717, 1.165) is 39.1 Å². The van der Waals surface area contributed by atoms with Crippen LogP contribution in [0, 0.1) is 5.82 Å². The summed E-state index contributed by atoms with van der Waals surface area (Å²) in [6, 6.07) is 16.3. The first-order valence-corrected chi connectivity index (χ1v) is 9.13. The molecular formula is C21H25FN2O2. The zero-order valence-corrected chi connectivity index (χ0v) is 14.9. The van der Waals surface area contributed by atoms with Crippen LogP contribution in [0.1, 0.15) is 18.4 Å². The molecule has 0 unspecified atom stereocenters. The third kappa shape index (κ3) is 5.56. The van der Waals surface area contributed by atoms with E-state index in [9.17, 15) is 9.18 Å². The Balaban J connectivity index is 1.41. The van der Waals surface area contributed by atoms with Crippen LogP contribution in [0.2, 0.25) is 0 Å². The van der Waals surface area contributed by atoms with Crippen molar-refractivity contribution in [2.24, 2.45) is 0 Å². The van der Waals surface area contributed by atoms with E-state index >= 15 is 0 Å². The second-order valence-corrected chi connectivity index (χ2v) is 6.55. The zero-order valence-electron chi connectivity index (χ0n) is 14.9. The Bertz CT molecular complexity index is 691. The molecule has 5 heteroatoms. The Labute approximate surface area is 154 Å². The third-order valence-electron chi connectivity index (χ3n) is 4.59. The van der Waals surface area contributed by atoms with Crippen LogP contribution in [0.4, 0.5) is 4.39 Å². The van der Waals surface area contributed by atoms with E-state index in [4.69, 9.17) is 4.74 Å². The van der Waals surface area contributed by atoms with Gasteiger partial charge in [0.05, 0.1) is 13.0 Å². The van der Waals surface area contributed by atoms with Gasteiger partial charge in [0.1, 0.15) is 11.6 Å². The van der Waals surface area contributed by atoms with Crippen LogP contribution in [0.3, 0.4) is 0 Å². The summed E-state index contributed by atoms with van der Waals surface area (Å²) in [7, 11) is 0. The maximum Gasteiger partial charge on any atom is 0.226 e. The van der Waals surface area contributed by atoms with Gasteiger partial charge < -0.3 is 9.64 Å². The number of halogens is 1. The highest BCUT2D eigenvalue weighted by atomic mass is 19.1. The Kier molecular flexibility index (Phi) is 6.61. The van der Waals surface area contributed by atoms with Crippen molar-refractivity contribution in [2.45, 2.75) is 19.4 Å². The SMILES string of the molecule is O=C(CCOc1ccc(F)cc1)N1CCCN(Cc2ccccc2)CC1. The normalized spacial score (nSPS) is 15.5. The molecule has 0 aliphatic carbocycles. The van der Waals surface area contributed by atoms with E-state index in [-0.39, 0.29) is 11.7 Å². The second kappa shape index (κ2) is 9.34. The molecule has 0 N–H and O–H groups in total. The number of hydrogen-bond donors (Lipinski definition) is 0. The molecule has 0 atom stereocenters. The summed E-state index contributed by atoms with van der Waals surface area (Å²) in [6.07, 6.45) is 1.33. The molecular weight excluding hydrogens is 331 g/mol. The van der Waals surface area contributed by atoms with E-state index in [1.165, 1.54) is 17.7 Å². The monoisotopic (exact) mass is 356 g/mol. The van der Waals surface area contributed by atoms with Gasteiger partial charge in [-0.2, -0.15) is 0 Å². The highest BCUT2D eigenvalue weighted by Crippen LogP contribution is 2.13. The molecule has 0 spiro atoms. The molecule has 1 aliphatic heterocycles. The molecule has 4 nitrogen and oxygen atoms in total. The lowest BCUT2D eigenvalue weighted by Gasteiger charge is -2.22. The highest BCUT2D eigenvalue weighted by molar-refractivity contribution is 5.76. The van der Waals surface area contributed by atoms with Crippen molar-refractivity contribution < 1.29 is 13.9 Å². The topological polar surface area (TPSA) is 32.8 Å². The predicted molar refractivity (Wildman–Crippen MR) is 99.4 cm³/mol. The summed E-state index contributed by atoms with van der Waals surface area (Å²) < 4.78 is 18.4. The van der Waals surface area contributed by atoms with E-state index in [1.807, 2.05) is 11.0 Å². The van der Waals surface area contributed by atoms with Crippen LogP contribution in [0.15, 0.2) is 54.6 Å². The number of hydrogen-bond acceptors (Lipinski definition) is 3. The number of benzene rings is 2. The average molecular weight is 356 g/mol. The van der Waals surface area contributed by atoms with Gasteiger partial charge in [0, 0.05) is 32.7 Å². The fraction of sp³-hybridized carbons (Fsp3) is 0.381. The van der Waals surface area contributed by atoms with Gasteiger partial charge in [-0.15, -0.1) is 0 Å². The summed E-state index contributed by atoms with van der Waals surface area (Å²) in [6.45, 7) is 4.68. The number of carbonyl (C=O) groups is 1. The molecule has 0 aromatic heterocycles. The largest absolute Gasteiger partial charge is 0.493 e. The molecule has 0 saturated carbocycles. The lowest BCUT2D eigenvalue weighted by molar-refractivity contribution is -0.131. The molecule has 2 aromatic rings. The highest BCUT2D eigenvalue weighted by Gasteiger charge is 2.19. The zero-order chi connectivity index (χ0) is 18.2. The van der Waals surface area contributed by atoms with E-state index in [1.54, 1.807) is 12.1 Å². The average Bonchev–Trinajstić information content (AvgIpc) is 2.90. The Morgan fingerprint density at radius 1 is 0.962 bits per heavy atom. The smallest absolute Gasteiger partial charge is 0.226 e. The number of carbonyl (C=O) groups excluding carboxylic acids is 1. The van der Waals surface area contributed by atoms with Gasteiger partial charge in [-0.25, -0.2) is 4.39 Å². The van der Waals surface area contributed by atoms with Crippen molar-refractivity contribution in [3.8, 4) is 5.75 Å². The van der Waals surface area contributed by atoms with Gasteiger partial charge >= 0.3 is 0 Å². The van der Waals surface area contributed by atoms with Gasteiger partial charge in [0.15, 0.2) is 0 Å². The molecule has 0 bridgehead atoms. The number of rotatable bonds is 6. The quantitative estimate of drug-likeness (QED) is 0.796. The maximum absolute atomic E-state index is 12.9. The minimum atomic E-state index is -0.293. The van der Waals surface area contributed by atoms with Gasteiger partial charge in [-0.3, -0.25) is 9.69 Å². The summed E-state index contributed by atoms with van der Waals surface area (Å²) in [5.41, 5.74) is 1.31. The van der Waals surface area contributed by atoms with Crippen LogP contribution >= 0.6 is 0 Å². The van der Waals surface area contributed by atoms with Gasteiger partial charge in [-0.1, -0.05) is 30.3 Å². The molecule has 1 aliphatic rings. The lowest BCUT2D eigenvalue weighted by Crippen LogP contribution is -2.35. The molecule has 1 heterocycles. The maximum atomic E-state index is 12.9. The van der Waals surface area contributed by atoms with Crippen LogP contribution in [-0.2, 0) is 11.3 Å².